The van der Waals surface area contributed by atoms with Crippen LogP contribution in [-0.4, -0.2) is 23.1 Å². The van der Waals surface area contributed by atoms with E-state index < -0.39 is 18.0 Å². The Labute approximate surface area is 135 Å². The van der Waals surface area contributed by atoms with E-state index in [4.69, 9.17) is 9.26 Å². The Bertz CT molecular complexity index is 675. The normalized spacial score (nSPS) is 11.8. The van der Waals surface area contributed by atoms with Crippen LogP contribution in [-0.2, 0) is 9.53 Å². The average molecular weight is 367 g/mol. The fourth-order valence-electron chi connectivity index (χ4n) is 1.82. The summed E-state index contributed by atoms with van der Waals surface area (Å²) in [6.45, 7) is 4.76. The van der Waals surface area contributed by atoms with Crippen LogP contribution in [0.3, 0.4) is 0 Å². The van der Waals surface area contributed by atoms with E-state index in [1.165, 1.54) is 6.92 Å². The van der Waals surface area contributed by atoms with Crippen LogP contribution in [0.5, 0.6) is 0 Å². The summed E-state index contributed by atoms with van der Waals surface area (Å²) < 4.78 is 11.0. The molecule has 1 heterocycles. The highest BCUT2D eigenvalue weighted by Gasteiger charge is 2.24. The van der Waals surface area contributed by atoms with E-state index in [0.29, 0.717) is 17.1 Å². The topological polar surface area (TPSA) is 81.4 Å². The van der Waals surface area contributed by atoms with Crippen molar-refractivity contribution in [2.24, 2.45) is 0 Å². The highest BCUT2D eigenvalue weighted by molar-refractivity contribution is 9.10. The van der Waals surface area contributed by atoms with Crippen molar-refractivity contribution in [2.45, 2.75) is 26.9 Å². The molecular formula is C15H15BrN2O4. The van der Waals surface area contributed by atoms with Crippen LogP contribution >= 0.6 is 15.9 Å². The maximum atomic E-state index is 12.1. The molecule has 1 N–H and O–H groups in total. The molecule has 0 fully saturated rings. The number of halogens is 1. The third-order valence-corrected chi connectivity index (χ3v) is 3.53. The number of ether oxygens (including phenoxy) is 1. The molecule has 1 aromatic heterocycles. The fourth-order valence-corrected chi connectivity index (χ4v) is 2.09. The van der Waals surface area contributed by atoms with Crippen molar-refractivity contribution in [3.63, 3.8) is 0 Å². The van der Waals surface area contributed by atoms with Gasteiger partial charge in [0.25, 0.3) is 5.91 Å². The molecule has 0 saturated heterocycles. The first-order valence-corrected chi connectivity index (χ1v) is 7.38. The van der Waals surface area contributed by atoms with E-state index >= 15 is 0 Å². The summed E-state index contributed by atoms with van der Waals surface area (Å²) in [5, 5.41) is 6.36. The van der Waals surface area contributed by atoms with Crippen molar-refractivity contribution in [1.29, 1.82) is 0 Å². The highest BCUT2D eigenvalue weighted by atomic mass is 79.9. The number of carbonyl (C=O) groups is 2. The highest BCUT2D eigenvalue weighted by Crippen LogP contribution is 2.16. The molecule has 22 heavy (non-hydrogen) atoms. The third-order valence-electron chi connectivity index (χ3n) is 3.00. The summed E-state index contributed by atoms with van der Waals surface area (Å²) in [4.78, 5) is 24.1. The Morgan fingerprint density at radius 3 is 2.45 bits per heavy atom. The Kier molecular flexibility index (Phi) is 4.97. The lowest BCUT2D eigenvalue weighted by Gasteiger charge is -2.13. The van der Waals surface area contributed by atoms with Crippen LogP contribution in [0.2, 0.25) is 0 Å². The molecule has 2 aromatic rings. The molecule has 116 valence electrons. The minimum atomic E-state index is -0.940. The van der Waals surface area contributed by atoms with Crippen molar-refractivity contribution in [3.8, 4) is 0 Å². The number of nitrogens with one attached hydrogen (secondary N) is 1. The summed E-state index contributed by atoms with van der Waals surface area (Å²) in [5.74, 6) is -0.680. The van der Waals surface area contributed by atoms with Crippen LogP contribution in [0, 0.1) is 13.8 Å². The maximum absolute atomic E-state index is 12.1. The number of hydrogen-bond acceptors (Lipinski definition) is 5. The summed E-state index contributed by atoms with van der Waals surface area (Å²) in [7, 11) is 0. The molecule has 0 aliphatic heterocycles. The van der Waals surface area contributed by atoms with E-state index in [0.717, 1.165) is 4.47 Å². The van der Waals surface area contributed by atoms with E-state index in [-0.39, 0.29) is 5.56 Å². The number of esters is 1. The van der Waals surface area contributed by atoms with Gasteiger partial charge < -0.3 is 14.6 Å². The molecular weight excluding hydrogens is 352 g/mol. The second-order valence-electron chi connectivity index (χ2n) is 4.74. The van der Waals surface area contributed by atoms with E-state index in [2.05, 4.69) is 26.4 Å². The lowest BCUT2D eigenvalue weighted by Crippen LogP contribution is -2.30. The second-order valence-corrected chi connectivity index (χ2v) is 5.66. The summed E-state index contributed by atoms with van der Waals surface area (Å²) in [6.07, 6.45) is -0.940. The van der Waals surface area contributed by atoms with Gasteiger partial charge in [0, 0.05) is 10.2 Å². The van der Waals surface area contributed by atoms with Crippen molar-refractivity contribution in [2.75, 3.05) is 5.32 Å². The Morgan fingerprint density at radius 2 is 1.91 bits per heavy atom. The number of amides is 1. The van der Waals surface area contributed by atoms with E-state index in [1.54, 1.807) is 38.1 Å². The molecule has 0 bridgehead atoms. The molecule has 0 aliphatic rings. The van der Waals surface area contributed by atoms with Gasteiger partial charge >= 0.3 is 5.97 Å². The maximum Gasteiger partial charge on any atom is 0.344 e. The lowest BCUT2D eigenvalue weighted by atomic mass is 10.2. The average Bonchev–Trinajstić information content (AvgIpc) is 2.80. The molecule has 6 nitrogen and oxygen atoms in total. The summed E-state index contributed by atoms with van der Waals surface area (Å²) in [6, 6.07) is 7.09. The van der Waals surface area contributed by atoms with Crippen molar-refractivity contribution < 1.29 is 18.8 Å². The van der Waals surface area contributed by atoms with Crippen LogP contribution in [0.15, 0.2) is 33.3 Å². The Hall–Kier alpha value is -2.15. The number of benzene rings is 1. The van der Waals surface area contributed by atoms with Crippen LogP contribution < -0.4 is 5.32 Å². The molecule has 2 rings (SSSR count). The number of aromatic nitrogens is 1. The van der Waals surface area contributed by atoms with Gasteiger partial charge in [0.2, 0.25) is 0 Å². The van der Waals surface area contributed by atoms with Gasteiger partial charge in [-0.1, -0.05) is 21.1 Å². The molecule has 0 saturated carbocycles. The van der Waals surface area contributed by atoms with Gasteiger partial charge in [-0.2, -0.15) is 0 Å². The molecule has 1 aromatic carbocycles. The monoisotopic (exact) mass is 366 g/mol. The SMILES string of the molecule is Cc1noc(C)c1C(=O)O[C@H](C)C(=O)Nc1ccc(Br)cc1. The zero-order chi connectivity index (χ0) is 16.3. The predicted octanol–water partition coefficient (Wildman–Crippen LogP) is 3.24. The van der Waals surface area contributed by atoms with E-state index in [1.807, 2.05) is 0 Å². The largest absolute Gasteiger partial charge is 0.449 e. The third kappa shape index (κ3) is 3.73. The first kappa shape index (κ1) is 16.2. The van der Waals surface area contributed by atoms with Crippen LogP contribution in [0.25, 0.3) is 0 Å². The van der Waals surface area contributed by atoms with Crippen LogP contribution in [0.4, 0.5) is 5.69 Å². The lowest BCUT2D eigenvalue weighted by molar-refractivity contribution is -0.123. The number of anilines is 1. The van der Waals surface area contributed by atoms with Gasteiger partial charge in [0.15, 0.2) is 6.10 Å². The van der Waals surface area contributed by atoms with Gasteiger partial charge in [-0.15, -0.1) is 0 Å². The summed E-state index contributed by atoms with van der Waals surface area (Å²) in [5.41, 5.74) is 1.31. The fraction of sp³-hybridized carbons (Fsp3) is 0.267. The first-order valence-electron chi connectivity index (χ1n) is 6.58. The number of rotatable bonds is 4. The zero-order valence-corrected chi connectivity index (χ0v) is 13.9. The Morgan fingerprint density at radius 1 is 1.27 bits per heavy atom. The smallest absolute Gasteiger partial charge is 0.344 e. The molecule has 0 unspecified atom stereocenters. The molecule has 0 aliphatic carbocycles. The van der Waals surface area contributed by atoms with Gasteiger partial charge in [0.05, 0.1) is 5.69 Å². The minimum absolute atomic E-state index is 0.253. The van der Waals surface area contributed by atoms with Crippen molar-refractivity contribution in [1.82, 2.24) is 5.16 Å². The molecule has 0 spiro atoms. The Balaban J connectivity index is 1.99. The van der Waals surface area contributed by atoms with Crippen molar-refractivity contribution in [3.05, 3.63) is 45.8 Å². The number of carbonyl (C=O) groups excluding carboxylic acids is 2. The second kappa shape index (κ2) is 6.74. The summed E-state index contributed by atoms with van der Waals surface area (Å²) >= 11 is 3.31. The van der Waals surface area contributed by atoms with Gasteiger partial charge in [-0.05, 0) is 45.0 Å². The zero-order valence-electron chi connectivity index (χ0n) is 12.3. The first-order chi connectivity index (χ1) is 10.4. The van der Waals surface area contributed by atoms with Gasteiger partial charge in [-0.3, -0.25) is 4.79 Å². The predicted molar refractivity (Wildman–Crippen MR) is 83.6 cm³/mol. The number of hydrogen-bond donors (Lipinski definition) is 1. The molecule has 1 atom stereocenters. The van der Waals surface area contributed by atoms with Crippen LogP contribution in [0.1, 0.15) is 28.7 Å². The molecule has 7 heteroatoms. The quantitative estimate of drug-likeness (QED) is 0.839. The van der Waals surface area contributed by atoms with Gasteiger partial charge in [0.1, 0.15) is 11.3 Å². The number of aryl methyl sites for hydroxylation is 2. The minimum Gasteiger partial charge on any atom is -0.449 e. The molecule has 0 radical (unpaired) electrons. The van der Waals surface area contributed by atoms with Gasteiger partial charge in [-0.25, -0.2) is 4.79 Å². The number of nitrogens with zero attached hydrogens (tertiary/aromatic N) is 1. The standard InChI is InChI=1S/C15H15BrN2O4/c1-8-13(9(2)22-18-8)15(20)21-10(3)14(19)17-12-6-4-11(16)5-7-12/h4-7,10H,1-3H3,(H,17,19)/t10-/m1/s1. The van der Waals surface area contributed by atoms with E-state index in [9.17, 15) is 9.59 Å². The molecule has 1 amide bonds. The van der Waals surface area contributed by atoms with Crippen molar-refractivity contribution >= 4 is 33.5 Å².